The molecule has 1 saturated carbocycles. The first kappa shape index (κ1) is 11.0. The van der Waals surface area contributed by atoms with Gasteiger partial charge in [-0.05, 0) is 18.4 Å². The van der Waals surface area contributed by atoms with E-state index >= 15 is 0 Å². The minimum Gasteiger partial charge on any atom is -0.470 e. The maximum absolute atomic E-state index is 5.78. The number of aromatic nitrogens is 2. The molecule has 2 N–H and O–H groups in total. The van der Waals surface area contributed by atoms with E-state index in [0.717, 1.165) is 11.3 Å². The Balaban J connectivity index is 1.73. The Labute approximate surface area is 106 Å². The zero-order valence-electron chi connectivity index (χ0n) is 10.0. The lowest BCUT2D eigenvalue weighted by molar-refractivity contribution is 0.293. The second-order valence-corrected chi connectivity index (χ2v) is 4.53. The summed E-state index contributed by atoms with van der Waals surface area (Å²) < 4.78 is 5.64. The highest BCUT2D eigenvalue weighted by molar-refractivity contribution is 5.41. The molecule has 1 aliphatic carbocycles. The van der Waals surface area contributed by atoms with Crippen molar-refractivity contribution in [2.24, 2.45) is 0 Å². The molecule has 0 saturated heterocycles. The maximum Gasteiger partial charge on any atom is 0.257 e. The van der Waals surface area contributed by atoms with Gasteiger partial charge in [0.2, 0.25) is 0 Å². The van der Waals surface area contributed by atoms with E-state index in [1.54, 1.807) is 6.20 Å². The molecule has 4 heteroatoms. The minimum absolute atomic E-state index is 0.357. The van der Waals surface area contributed by atoms with Crippen molar-refractivity contribution >= 4 is 5.82 Å². The Bertz CT molecular complexity index is 538. The van der Waals surface area contributed by atoms with Crippen molar-refractivity contribution in [3.63, 3.8) is 0 Å². The van der Waals surface area contributed by atoms with Gasteiger partial charge in [-0.1, -0.05) is 30.3 Å². The second kappa shape index (κ2) is 4.64. The molecule has 0 unspecified atom stereocenters. The average molecular weight is 241 g/mol. The molecule has 0 bridgehead atoms. The Kier molecular flexibility index (Phi) is 2.84. The number of ether oxygens (including phenoxy) is 1. The van der Waals surface area contributed by atoms with E-state index in [0.29, 0.717) is 24.2 Å². The Morgan fingerprint density at radius 1 is 1.22 bits per heavy atom. The van der Waals surface area contributed by atoms with E-state index in [1.807, 2.05) is 30.3 Å². The van der Waals surface area contributed by atoms with Gasteiger partial charge in [-0.2, -0.15) is 0 Å². The van der Waals surface area contributed by atoms with Gasteiger partial charge in [0.1, 0.15) is 6.61 Å². The fourth-order valence-electron chi connectivity index (χ4n) is 1.80. The molecule has 1 aliphatic rings. The molecule has 92 valence electrons. The monoisotopic (exact) mass is 241 g/mol. The lowest BCUT2D eigenvalue weighted by Gasteiger charge is -2.08. The van der Waals surface area contributed by atoms with Crippen molar-refractivity contribution < 1.29 is 4.74 Å². The van der Waals surface area contributed by atoms with E-state index in [-0.39, 0.29) is 0 Å². The van der Waals surface area contributed by atoms with Crippen LogP contribution in [0.25, 0.3) is 0 Å². The van der Waals surface area contributed by atoms with Crippen LogP contribution < -0.4 is 10.5 Å². The second-order valence-electron chi connectivity index (χ2n) is 4.53. The third-order valence-corrected chi connectivity index (χ3v) is 3.00. The number of anilines is 1. The van der Waals surface area contributed by atoms with Gasteiger partial charge in [0.25, 0.3) is 5.88 Å². The summed E-state index contributed by atoms with van der Waals surface area (Å²) in [6, 6.07) is 9.96. The summed E-state index contributed by atoms with van der Waals surface area (Å²) in [4.78, 5) is 8.58. The zero-order valence-corrected chi connectivity index (χ0v) is 10.0. The predicted octanol–water partition coefficient (Wildman–Crippen LogP) is 2.52. The van der Waals surface area contributed by atoms with Crippen LogP contribution >= 0.6 is 0 Å². The first-order valence-corrected chi connectivity index (χ1v) is 6.12. The van der Waals surface area contributed by atoms with Crippen LogP contribution in [0.4, 0.5) is 5.82 Å². The molecular weight excluding hydrogens is 226 g/mol. The van der Waals surface area contributed by atoms with Crippen molar-refractivity contribution in [1.82, 2.24) is 9.97 Å². The summed E-state index contributed by atoms with van der Waals surface area (Å²) in [6.45, 7) is 0.466. The van der Waals surface area contributed by atoms with Crippen LogP contribution in [0.15, 0.2) is 36.5 Å². The quantitative estimate of drug-likeness (QED) is 0.893. The highest BCUT2D eigenvalue weighted by Gasteiger charge is 2.26. The molecule has 18 heavy (non-hydrogen) atoms. The van der Waals surface area contributed by atoms with Crippen LogP contribution in [-0.4, -0.2) is 9.97 Å². The minimum atomic E-state index is 0.357. The summed E-state index contributed by atoms with van der Waals surface area (Å²) >= 11 is 0. The summed E-state index contributed by atoms with van der Waals surface area (Å²) in [7, 11) is 0. The van der Waals surface area contributed by atoms with E-state index < -0.39 is 0 Å². The molecule has 3 rings (SSSR count). The Morgan fingerprint density at radius 2 is 2.00 bits per heavy atom. The molecule has 1 heterocycles. The summed E-state index contributed by atoms with van der Waals surface area (Å²) in [5.41, 5.74) is 7.86. The normalized spacial score (nSPS) is 14.4. The number of rotatable bonds is 4. The Hall–Kier alpha value is -2.10. The Morgan fingerprint density at radius 3 is 2.72 bits per heavy atom. The van der Waals surface area contributed by atoms with Crippen molar-refractivity contribution in [3.8, 4) is 5.88 Å². The van der Waals surface area contributed by atoms with Crippen molar-refractivity contribution in [2.45, 2.75) is 25.4 Å². The van der Waals surface area contributed by atoms with Crippen LogP contribution in [0, 0.1) is 0 Å². The summed E-state index contributed by atoms with van der Waals surface area (Å²) in [6.07, 6.45) is 4.13. The number of nitrogen functional groups attached to an aromatic ring is 1. The number of nitrogens with two attached hydrogens (primary N) is 1. The molecule has 1 aromatic carbocycles. The first-order chi connectivity index (χ1) is 8.83. The van der Waals surface area contributed by atoms with Crippen molar-refractivity contribution in [2.75, 3.05) is 5.73 Å². The van der Waals surface area contributed by atoms with Gasteiger partial charge in [0, 0.05) is 5.92 Å². The number of nitrogens with zero attached hydrogens (tertiary/aromatic N) is 2. The molecule has 0 spiro atoms. The van der Waals surface area contributed by atoms with Gasteiger partial charge in [-0.15, -0.1) is 0 Å². The molecule has 0 amide bonds. The van der Waals surface area contributed by atoms with E-state index in [2.05, 4.69) is 9.97 Å². The molecule has 0 atom stereocenters. The molecule has 0 radical (unpaired) electrons. The first-order valence-electron chi connectivity index (χ1n) is 6.12. The molecule has 1 aromatic heterocycles. The van der Waals surface area contributed by atoms with Gasteiger partial charge in [-0.25, -0.2) is 9.97 Å². The molecule has 2 aromatic rings. The lowest BCUT2D eigenvalue weighted by atomic mass is 10.2. The van der Waals surface area contributed by atoms with Crippen LogP contribution in [0.1, 0.15) is 30.0 Å². The fraction of sp³-hybridized carbons (Fsp3) is 0.286. The third kappa shape index (κ3) is 2.42. The van der Waals surface area contributed by atoms with E-state index in [1.165, 1.54) is 12.8 Å². The van der Waals surface area contributed by atoms with Crippen LogP contribution in [0.5, 0.6) is 5.88 Å². The molecular formula is C14H15N3O. The zero-order chi connectivity index (χ0) is 12.4. The predicted molar refractivity (Wildman–Crippen MR) is 69.2 cm³/mol. The van der Waals surface area contributed by atoms with Gasteiger partial charge in [-0.3, -0.25) is 0 Å². The third-order valence-electron chi connectivity index (χ3n) is 3.00. The van der Waals surface area contributed by atoms with Crippen molar-refractivity contribution in [3.05, 3.63) is 47.8 Å². The van der Waals surface area contributed by atoms with Gasteiger partial charge >= 0.3 is 0 Å². The average Bonchev–Trinajstić information content (AvgIpc) is 3.23. The fourth-order valence-corrected chi connectivity index (χ4v) is 1.80. The topological polar surface area (TPSA) is 61.0 Å². The van der Waals surface area contributed by atoms with Crippen LogP contribution in [0.2, 0.25) is 0 Å². The standard InChI is InChI=1S/C14H15N3O/c15-13-14(17-12(8-16-13)11-6-7-11)18-9-10-4-2-1-3-5-10/h1-5,8,11H,6-7,9H2,(H2,15,16). The molecule has 1 fully saturated rings. The lowest BCUT2D eigenvalue weighted by Crippen LogP contribution is -2.04. The number of hydrogen-bond acceptors (Lipinski definition) is 4. The smallest absolute Gasteiger partial charge is 0.257 e. The van der Waals surface area contributed by atoms with Gasteiger partial charge in [0.05, 0.1) is 11.9 Å². The summed E-state index contributed by atoms with van der Waals surface area (Å²) in [5, 5.41) is 0. The van der Waals surface area contributed by atoms with E-state index in [4.69, 9.17) is 10.5 Å². The summed E-state index contributed by atoms with van der Waals surface area (Å²) in [5.74, 6) is 1.36. The van der Waals surface area contributed by atoms with Gasteiger partial charge in [0.15, 0.2) is 5.82 Å². The maximum atomic E-state index is 5.78. The SMILES string of the molecule is Nc1ncc(C2CC2)nc1OCc1ccccc1. The number of benzene rings is 1. The largest absolute Gasteiger partial charge is 0.470 e. The van der Waals surface area contributed by atoms with Crippen LogP contribution in [0.3, 0.4) is 0 Å². The highest BCUT2D eigenvalue weighted by atomic mass is 16.5. The van der Waals surface area contributed by atoms with Crippen molar-refractivity contribution in [1.29, 1.82) is 0 Å². The molecule has 0 aliphatic heterocycles. The highest BCUT2D eigenvalue weighted by Crippen LogP contribution is 2.39. The number of hydrogen-bond donors (Lipinski definition) is 1. The van der Waals surface area contributed by atoms with Gasteiger partial charge < -0.3 is 10.5 Å². The van der Waals surface area contributed by atoms with E-state index in [9.17, 15) is 0 Å². The molecule has 4 nitrogen and oxygen atoms in total. The van der Waals surface area contributed by atoms with Crippen LogP contribution in [-0.2, 0) is 6.61 Å².